The van der Waals surface area contributed by atoms with E-state index < -0.39 is 11.9 Å². The third-order valence-electron chi connectivity index (χ3n) is 4.38. The number of hydrogen-bond donors (Lipinski definition) is 0. The first-order valence-electron chi connectivity index (χ1n) is 9.05. The summed E-state index contributed by atoms with van der Waals surface area (Å²) in [6, 6.07) is 5.71. The fourth-order valence-electron chi connectivity index (χ4n) is 2.87. The van der Waals surface area contributed by atoms with E-state index in [-0.39, 0.29) is 50.8 Å². The second kappa shape index (κ2) is 7.90. The number of rotatable bonds is 5. The predicted octanol–water partition coefficient (Wildman–Crippen LogP) is 5.65. The molecular formula is C20H14Cl2F2N4O3. The number of halogens is 4. The molecule has 3 aromatic heterocycles. The summed E-state index contributed by atoms with van der Waals surface area (Å²) in [6.45, 7) is 2.73. The lowest BCUT2D eigenvalue weighted by Crippen LogP contribution is -2.08. The minimum absolute atomic E-state index is 0.0464. The summed E-state index contributed by atoms with van der Waals surface area (Å²) in [5.74, 6) is -3.35. The minimum atomic E-state index is -3.06. The first-order valence-corrected chi connectivity index (χ1v) is 9.80. The lowest BCUT2D eigenvalue weighted by molar-refractivity contribution is 0.0170. The summed E-state index contributed by atoms with van der Waals surface area (Å²) in [4.78, 5) is 20.4. The molecule has 3 heterocycles. The molecule has 0 aliphatic heterocycles. The highest BCUT2D eigenvalue weighted by Crippen LogP contribution is 2.32. The van der Waals surface area contributed by atoms with Gasteiger partial charge in [-0.3, -0.25) is 0 Å². The van der Waals surface area contributed by atoms with Crippen molar-refractivity contribution in [2.24, 2.45) is 0 Å². The Hall–Kier alpha value is -3.04. The van der Waals surface area contributed by atoms with Crippen LogP contribution < -0.4 is 0 Å². The van der Waals surface area contributed by atoms with Crippen LogP contribution in [0.4, 0.5) is 8.78 Å². The number of imidazole rings is 1. The number of benzene rings is 1. The van der Waals surface area contributed by atoms with Crippen molar-refractivity contribution in [1.29, 1.82) is 0 Å². The minimum Gasteiger partial charge on any atom is -0.462 e. The third-order valence-corrected chi connectivity index (χ3v) is 4.97. The van der Waals surface area contributed by atoms with Gasteiger partial charge >= 0.3 is 5.97 Å². The van der Waals surface area contributed by atoms with Crippen LogP contribution in [-0.4, -0.2) is 32.1 Å². The van der Waals surface area contributed by atoms with Crippen molar-refractivity contribution in [2.75, 3.05) is 6.61 Å². The van der Waals surface area contributed by atoms with Crippen LogP contribution in [0.2, 0.25) is 10.0 Å². The molecule has 7 nitrogen and oxygen atoms in total. The fraction of sp³-hybridized carbons (Fsp3) is 0.200. The molecule has 0 saturated carbocycles. The number of hydrogen-bond acceptors (Lipinski definition) is 6. The van der Waals surface area contributed by atoms with Crippen molar-refractivity contribution >= 4 is 34.8 Å². The average Bonchev–Trinajstić information content (AvgIpc) is 3.34. The Bertz CT molecular complexity index is 1300. The van der Waals surface area contributed by atoms with E-state index in [4.69, 9.17) is 32.5 Å². The van der Waals surface area contributed by atoms with Crippen LogP contribution in [0.15, 0.2) is 41.2 Å². The zero-order valence-corrected chi connectivity index (χ0v) is 17.7. The Morgan fingerprint density at radius 1 is 1.19 bits per heavy atom. The molecule has 4 aromatic rings. The second-order valence-corrected chi connectivity index (χ2v) is 7.47. The smallest absolute Gasteiger partial charge is 0.338 e. The van der Waals surface area contributed by atoms with Gasteiger partial charge in [-0.25, -0.2) is 18.6 Å². The molecule has 0 bridgehead atoms. The van der Waals surface area contributed by atoms with Gasteiger partial charge in [0.1, 0.15) is 5.69 Å². The fourth-order valence-corrected chi connectivity index (χ4v) is 3.40. The molecule has 0 amide bonds. The Balaban J connectivity index is 1.68. The van der Waals surface area contributed by atoms with Gasteiger partial charge in [0.25, 0.3) is 11.8 Å². The van der Waals surface area contributed by atoms with Crippen molar-refractivity contribution in [3.8, 4) is 23.0 Å². The maximum Gasteiger partial charge on any atom is 0.338 e. The van der Waals surface area contributed by atoms with E-state index in [1.807, 2.05) is 0 Å². The molecule has 11 heteroatoms. The van der Waals surface area contributed by atoms with Crippen molar-refractivity contribution in [3.63, 3.8) is 0 Å². The summed E-state index contributed by atoms with van der Waals surface area (Å²) in [5, 5.41) is 4.18. The normalized spacial score (nSPS) is 11.8. The summed E-state index contributed by atoms with van der Waals surface area (Å²) in [5.41, 5.74) is 0.976. The van der Waals surface area contributed by atoms with Crippen LogP contribution >= 0.6 is 23.2 Å². The highest BCUT2D eigenvalue weighted by molar-refractivity contribution is 6.34. The van der Waals surface area contributed by atoms with Gasteiger partial charge in [-0.1, -0.05) is 28.4 Å². The molecule has 4 rings (SSSR count). The molecular weight excluding hydrogens is 453 g/mol. The number of nitrogens with zero attached hydrogens (tertiary/aromatic N) is 4. The van der Waals surface area contributed by atoms with E-state index >= 15 is 0 Å². The van der Waals surface area contributed by atoms with E-state index in [0.29, 0.717) is 5.56 Å². The van der Waals surface area contributed by atoms with E-state index in [1.54, 1.807) is 13.0 Å². The molecule has 0 N–H and O–H groups in total. The molecule has 0 unspecified atom stereocenters. The maximum absolute atomic E-state index is 13.7. The number of ether oxygens (including phenoxy) is 1. The number of esters is 1. The van der Waals surface area contributed by atoms with Gasteiger partial charge in [-0.2, -0.15) is 4.98 Å². The number of carbonyl (C=O) groups excluding carboxylic acids is 1. The molecule has 0 radical (unpaired) electrons. The number of fused-ring (bicyclic) bond motifs is 1. The first-order chi connectivity index (χ1) is 14.7. The van der Waals surface area contributed by atoms with Crippen LogP contribution in [0.1, 0.15) is 29.8 Å². The molecule has 0 saturated heterocycles. The number of pyridine rings is 1. The van der Waals surface area contributed by atoms with Gasteiger partial charge in [-0.05, 0) is 31.2 Å². The summed E-state index contributed by atoms with van der Waals surface area (Å²) in [7, 11) is 0. The molecule has 0 aliphatic rings. The quantitative estimate of drug-likeness (QED) is 0.353. The zero-order chi connectivity index (χ0) is 22.3. The highest BCUT2D eigenvalue weighted by atomic mass is 35.5. The lowest BCUT2D eigenvalue weighted by Gasteiger charge is -2.11. The van der Waals surface area contributed by atoms with Gasteiger partial charge in [0.15, 0.2) is 5.65 Å². The summed E-state index contributed by atoms with van der Waals surface area (Å²) in [6.07, 6.45) is 2.69. The monoisotopic (exact) mass is 466 g/mol. The molecule has 31 heavy (non-hydrogen) atoms. The predicted molar refractivity (Wildman–Crippen MR) is 109 cm³/mol. The van der Waals surface area contributed by atoms with Gasteiger partial charge in [0.2, 0.25) is 5.82 Å². The van der Waals surface area contributed by atoms with Gasteiger partial charge < -0.3 is 13.7 Å². The maximum atomic E-state index is 13.7. The van der Waals surface area contributed by atoms with Crippen molar-refractivity contribution in [3.05, 3.63) is 57.8 Å². The van der Waals surface area contributed by atoms with Gasteiger partial charge in [-0.15, -0.1) is 0 Å². The van der Waals surface area contributed by atoms with Crippen molar-refractivity contribution in [2.45, 2.75) is 19.8 Å². The molecule has 0 spiro atoms. The number of alkyl halides is 2. The van der Waals surface area contributed by atoms with Gasteiger partial charge in [0.05, 0.1) is 22.2 Å². The molecule has 160 valence electrons. The Morgan fingerprint density at radius 3 is 2.65 bits per heavy atom. The Morgan fingerprint density at radius 2 is 1.97 bits per heavy atom. The molecule has 1 aromatic carbocycles. The molecule has 0 atom stereocenters. The van der Waals surface area contributed by atoms with E-state index in [2.05, 4.69) is 15.1 Å². The Kier molecular flexibility index (Phi) is 5.40. The summed E-state index contributed by atoms with van der Waals surface area (Å²) < 4.78 is 38.9. The van der Waals surface area contributed by atoms with Crippen LogP contribution in [0, 0.1) is 0 Å². The van der Waals surface area contributed by atoms with E-state index in [1.165, 1.54) is 28.9 Å². The van der Waals surface area contributed by atoms with E-state index in [0.717, 1.165) is 13.0 Å². The van der Waals surface area contributed by atoms with Crippen molar-refractivity contribution < 1.29 is 22.8 Å². The third kappa shape index (κ3) is 4.11. The topological polar surface area (TPSA) is 82.5 Å². The second-order valence-electron chi connectivity index (χ2n) is 6.66. The highest BCUT2D eigenvalue weighted by Gasteiger charge is 2.26. The number of carbonyl (C=O) groups is 1. The zero-order valence-electron chi connectivity index (χ0n) is 16.2. The SMILES string of the molecule is CCOC(=O)c1ccc(-c2noc(-c3cn4cc(C(C)(F)F)cc(Cl)c4n3)n2)c(Cl)c1. The Labute approximate surface area is 184 Å². The largest absolute Gasteiger partial charge is 0.462 e. The van der Waals surface area contributed by atoms with Crippen LogP contribution in [-0.2, 0) is 10.7 Å². The van der Waals surface area contributed by atoms with Crippen molar-refractivity contribution in [1.82, 2.24) is 19.5 Å². The molecule has 0 fully saturated rings. The lowest BCUT2D eigenvalue weighted by atomic mass is 10.1. The van der Waals surface area contributed by atoms with E-state index in [9.17, 15) is 13.6 Å². The van der Waals surface area contributed by atoms with Crippen LogP contribution in [0.3, 0.4) is 0 Å². The summed E-state index contributed by atoms with van der Waals surface area (Å²) >= 11 is 12.4. The van der Waals surface area contributed by atoms with Gasteiger partial charge in [0, 0.05) is 30.4 Å². The average molecular weight is 467 g/mol. The first kappa shape index (κ1) is 21.2. The van der Waals surface area contributed by atoms with Crippen LogP contribution in [0.5, 0.6) is 0 Å². The van der Waals surface area contributed by atoms with Crippen LogP contribution in [0.25, 0.3) is 28.6 Å². The standard InChI is InChI=1S/C20H14Cl2F2N4O3/c1-3-30-19(29)10-4-5-12(13(21)6-10)16-26-18(31-27-16)15-9-28-8-11(20(2,23)24)7-14(22)17(28)25-15/h4-9H,3H2,1-2H3. The number of aromatic nitrogens is 4. The molecule has 0 aliphatic carbocycles.